The number of carbonyl (C=O) groups is 1. The summed E-state index contributed by atoms with van der Waals surface area (Å²) in [5.41, 5.74) is 0. The zero-order valence-electron chi connectivity index (χ0n) is 43.4. The van der Waals surface area contributed by atoms with Crippen molar-refractivity contribution in [3.05, 3.63) is 24.3 Å². The second kappa shape index (κ2) is 54.4. The largest absolute Gasteiger partial charge is 0.394 e. The molecule has 5 heteroatoms. The van der Waals surface area contributed by atoms with Gasteiger partial charge < -0.3 is 20.6 Å². The lowest BCUT2D eigenvalue weighted by Crippen LogP contribution is -2.48. The summed E-state index contributed by atoms with van der Waals surface area (Å²) >= 11 is 0. The number of nitrogens with one attached hydrogen (secondary N) is 1. The SMILES string of the molecule is CCCCCCCCCCCCCC/C=C\CCCCCCCCCCCCCCCC(O)C(=O)NC(CO)C(O)/C=C/CCCCCCCCCCCCCCCCCCCCC. The second-order valence-corrected chi connectivity index (χ2v) is 20.2. The van der Waals surface area contributed by atoms with Crippen molar-refractivity contribution in [2.24, 2.45) is 0 Å². The molecule has 0 aromatic carbocycles. The van der Waals surface area contributed by atoms with E-state index in [2.05, 4.69) is 31.3 Å². The highest BCUT2D eigenvalue weighted by molar-refractivity contribution is 5.80. The number of aliphatic hydroxyl groups excluding tert-OH is 3. The molecule has 0 aliphatic heterocycles. The molecule has 0 aliphatic rings. The second-order valence-electron chi connectivity index (χ2n) is 20.2. The van der Waals surface area contributed by atoms with E-state index in [1.807, 2.05) is 6.08 Å². The zero-order valence-corrected chi connectivity index (χ0v) is 43.4. The summed E-state index contributed by atoms with van der Waals surface area (Å²) in [5.74, 6) is -0.498. The molecule has 0 aliphatic carbocycles. The Balaban J connectivity index is 3.54. The molecule has 0 spiro atoms. The summed E-state index contributed by atoms with van der Waals surface area (Å²) < 4.78 is 0. The molecule has 3 unspecified atom stereocenters. The van der Waals surface area contributed by atoms with E-state index in [-0.39, 0.29) is 6.61 Å². The van der Waals surface area contributed by atoms with Gasteiger partial charge in [0.05, 0.1) is 18.8 Å². The van der Waals surface area contributed by atoms with Crippen molar-refractivity contribution >= 4 is 5.91 Å². The minimum atomic E-state index is -1.10. The zero-order chi connectivity index (χ0) is 46.5. The predicted octanol–water partition coefficient (Wildman–Crippen LogP) is 18.1. The minimum Gasteiger partial charge on any atom is -0.394 e. The Labute approximate surface area is 401 Å². The van der Waals surface area contributed by atoms with Crippen molar-refractivity contribution in [2.45, 2.75) is 340 Å². The number of allylic oxidation sites excluding steroid dienone is 3. The van der Waals surface area contributed by atoms with Crippen molar-refractivity contribution in [3.8, 4) is 0 Å². The number of aliphatic hydroxyl groups is 3. The summed E-state index contributed by atoms with van der Waals surface area (Å²) in [6.45, 7) is 4.22. The molecule has 1 amide bonds. The third-order valence-electron chi connectivity index (χ3n) is 13.8. The van der Waals surface area contributed by atoms with Crippen LogP contribution in [0.1, 0.15) is 322 Å². The molecule has 5 nitrogen and oxygen atoms in total. The monoisotopic (exact) mass is 902 g/mol. The van der Waals surface area contributed by atoms with Gasteiger partial charge in [0.25, 0.3) is 0 Å². The molecule has 0 aromatic heterocycles. The molecule has 0 radical (unpaired) electrons. The van der Waals surface area contributed by atoms with Crippen LogP contribution in [0.15, 0.2) is 24.3 Å². The summed E-state index contributed by atoms with van der Waals surface area (Å²) in [5, 5.41) is 33.4. The van der Waals surface area contributed by atoms with Crippen molar-refractivity contribution in [3.63, 3.8) is 0 Å². The smallest absolute Gasteiger partial charge is 0.249 e. The number of rotatable bonds is 54. The topological polar surface area (TPSA) is 89.8 Å². The van der Waals surface area contributed by atoms with Crippen LogP contribution in [-0.2, 0) is 4.79 Å². The van der Waals surface area contributed by atoms with Gasteiger partial charge in [-0.1, -0.05) is 301 Å². The molecule has 0 bridgehead atoms. The van der Waals surface area contributed by atoms with Crippen LogP contribution in [0, 0.1) is 0 Å². The fraction of sp³-hybridized carbons (Fsp3) is 0.915. The minimum absolute atomic E-state index is 0.360. The number of amides is 1. The lowest BCUT2D eigenvalue weighted by atomic mass is 10.0. The standard InChI is InChI=1S/C59H115NO4/c1-3-5-7-9-11-13-15-17-19-21-23-25-26-27-28-29-30-31-32-34-36-38-40-42-44-46-48-50-52-54-58(63)59(64)60-56(55-61)57(62)53-51-49-47-45-43-41-39-37-35-33-24-22-20-18-16-14-12-10-8-6-4-2/h27-28,51,53,56-58,61-63H,3-26,29-50,52,54-55H2,1-2H3,(H,60,64)/b28-27-,53-51+. The molecule has 3 atom stereocenters. The van der Waals surface area contributed by atoms with Gasteiger partial charge in [-0.25, -0.2) is 0 Å². The van der Waals surface area contributed by atoms with Crippen LogP contribution in [0.4, 0.5) is 0 Å². The maximum Gasteiger partial charge on any atom is 0.249 e. The van der Waals surface area contributed by atoms with Crippen molar-refractivity contribution in [2.75, 3.05) is 6.61 Å². The number of carbonyl (C=O) groups excluding carboxylic acids is 1. The Morgan fingerprint density at radius 3 is 0.906 bits per heavy atom. The van der Waals surface area contributed by atoms with E-state index in [1.54, 1.807) is 6.08 Å². The molecule has 0 saturated heterocycles. The van der Waals surface area contributed by atoms with Crippen LogP contribution in [0.25, 0.3) is 0 Å². The van der Waals surface area contributed by atoms with Crippen LogP contribution in [-0.4, -0.2) is 46.1 Å². The average molecular weight is 903 g/mol. The highest BCUT2D eigenvalue weighted by Gasteiger charge is 2.22. The molecule has 0 heterocycles. The Morgan fingerprint density at radius 2 is 0.625 bits per heavy atom. The maximum atomic E-state index is 12.6. The van der Waals surface area contributed by atoms with Gasteiger partial charge in [0.1, 0.15) is 6.10 Å². The van der Waals surface area contributed by atoms with Crippen molar-refractivity contribution in [1.82, 2.24) is 5.32 Å². The first-order valence-electron chi connectivity index (χ1n) is 29.2. The van der Waals surface area contributed by atoms with E-state index < -0.39 is 24.2 Å². The van der Waals surface area contributed by atoms with E-state index in [9.17, 15) is 20.1 Å². The van der Waals surface area contributed by atoms with Crippen LogP contribution < -0.4 is 5.32 Å². The van der Waals surface area contributed by atoms with Crippen LogP contribution >= 0.6 is 0 Å². The highest BCUT2D eigenvalue weighted by Crippen LogP contribution is 2.18. The number of hydrogen-bond donors (Lipinski definition) is 4. The van der Waals surface area contributed by atoms with Crippen LogP contribution in [0.3, 0.4) is 0 Å². The molecule has 4 N–H and O–H groups in total. The molecule has 0 aromatic rings. The van der Waals surface area contributed by atoms with E-state index in [0.717, 1.165) is 32.1 Å². The van der Waals surface area contributed by atoms with E-state index in [1.165, 1.54) is 270 Å². The van der Waals surface area contributed by atoms with Crippen molar-refractivity contribution in [1.29, 1.82) is 0 Å². The average Bonchev–Trinajstić information content (AvgIpc) is 3.30. The van der Waals surface area contributed by atoms with Gasteiger partial charge in [0.2, 0.25) is 5.91 Å². The van der Waals surface area contributed by atoms with Gasteiger partial charge in [0, 0.05) is 0 Å². The van der Waals surface area contributed by atoms with E-state index in [4.69, 9.17) is 0 Å². The normalized spacial score (nSPS) is 13.4. The quantitative estimate of drug-likeness (QED) is 0.0362. The molecule has 380 valence electrons. The Hall–Kier alpha value is -1.17. The van der Waals surface area contributed by atoms with Gasteiger partial charge in [-0.3, -0.25) is 4.79 Å². The summed E-state index contributed by atoms with van der Waals surface area (Å²) in [4.78, 5) is 12.6. The van der Waals surface area contributed by atoms with E-state index in [0.29, 0.717) is 6.42 Å². The fourth-order valence-electron chi connectivity index (χ4n) is 9.24. The summed E-state index contributed by atoms with van der Waals surface area (Å²) in [6, 6.07) is -0.797. The van der Waals surface area contributed by atoms with Gasteiger partial charge in [-0.05, 0) is 44.9 Å². The Morgan fingerprint density at radius 1 is 0.375 bits per heavy atom. The Kier molecular flexibility index (Phi) is 53.4. The first-order valence-corrected chi connectivity index (χ1v) is 29.2. The molecular formula is C59H115NO4. The molecule has 64 heavy (non-hydrogen) atoms. The third kappa shape index (κ3) is 48.8. The third-order valence-corrected chi connectivity index (χ3v) is 13.8. The van der Waals surface area contributed by atoms with Gasteiger partial charge in [0.15, 0.2) is 0 Å². The van der Waals surface area contributed by atoms with Gasteiger partial charge in [-0.15, -0.1) is 0 Å². The van der Waals surface area contributed by atoms with Crippen molar-refractivity contribution < 1.29 is 20.1 Å². The first kappa shape index (κ1) is 62.8. The Bertz CT molecular complexity index is 951. The van der Waals surface area contributed by atoms with E-state index >= 15 is 0 Å². The maximum absolute atomic E-state index is 12.6. The predicted molar refractivity (Wildman–Crippen MR) is 282 cm³/mol. The molecule has 0 rings (SSSR count). The van der Waals surface area contributed by atoms with Gasteiger partial charge in [-0.2, -0.15) is 0 Å². The number of unbranched alkanes of at least 4 members (excludes halogenated alkanes) is 44. The summed E-state index contributed by atoms with van der Waals surface area (Å²) in [6.07, 6.45) is 69.8. The van der Waals surface area contributed by atoms with Crippen LogP contribution in [0.2, 0.25) is 0 Å². The molecule has 0 saturated carbocycles. The van der Waals surface area contributed by atoms with Gasteiger partial charge >= 0.3 is 0 Å². The fourth-order valence-corrected chi connectivity index (χ4v) is 9.24. The molecule has 0 fully saturated rings. The summed E-state index contributed by atoms with van der Waals surface area (Å²) in [7, 11) is 0. The van der Waals surface area contributed by atoms with Crippen LogP contribution in [0.5, 0.6) is 0 Å². The lowest BCUT2D eigenvalue weighted by Gasteiger charge is -2.21. The lowest BCUT2D eigenvalue weighted by molar-refractivity contribution is -0.131. The molecular weight excluding hydrogens is 787 g/mol. The number of hydrogen-bond acceptors (Lipinski definition) is 4. The first-order chi connectivity index (χ1) is 31.6. The highest BCUT2D eigenvalue weighted by atomic mass is 16.3.